The van der Waals surface area contributed by atoms with Crippen molar-refractivity contribution < 1.29 is 17.1 Å². The Kier molecular flexibility index (Phi) is 8.41. The third kappa shape index (κ3) is 9.29. The molecule has 0 amide bonds. The third-order valence-electron chi connectivity index (χ3n) is 1.96. The fourth-order valence-electron chi connectivity index (χ4n) is 1.13. The molecule has 2 aromatic rings. The average molecular weight is 288 g/mol. The summed E-state index contributed by atoms with van der Waals surface area (Å²) in [6, 6.07) is 18.6. The molecule has 2 rings (SSSR count). The summed E-state index contributed by atoms with van der Waals surface area (Å²) in [7, 11) is 0. The van der Waals surface area contributed by atoms with Gasteiger partial charge in [0, 0.05) is 4.75 Å². The fourth-order valence-corrected chi connectivity index (χ4v) is 1.92. The van der Waals surface area contributed by atoms with Gasteiger partial charge >= 0.3 is 17.1 Å². The molecule has 0 aromatic heterocycles. The number of hydrogen-bond donors (Lipinski definition) is 0. The molecule has 0 bridgehead atoms. The van der Waals surface area contributed by atoms with E-state index >= 15 is 0 Å². The van der Waals surface area contributed by atoms with E-state index in [0.29, 0.717) is 4.75 Å². The van der Waals surface area contributed by atoms with Gasteiger partial charge in [-0.05, 0) is 5.75 Å². The van der Waals surface area contributed by atoms with Crippen LogP contribution in [0.25, 0.3) is 0 Å². The average Bonchev–Trinajstić information content (AvgIpc) is 2.90. The molecule has 2 aromatic carbocycles. The van der Waals surface area contributed by atoms with Crippen LogP contribution in [0.15, 0.2) is 54.6 Å². The minimum atomic E-state index is 0. The molecule has 0 unspecified atom stereocenters. The first-order valence-electron chi connectivity index (χ1n) is 5.59. The van der Waals surface area contributed by atoms with Gasteiger partial charge in [0.2, 0.25) is 0 Å². The number of rotatable bonds is 2. The third-order valence-corrected chi connectivity index (χ3v) is 3.30. The van der Waals surface area contributed by atoms with Gasteiger partial charge in [-0.3, -0.25) is 0 Å². The number of thioether (sulfide) groups is 1. The van der Waals surface area contributed by atoms with Gasteiger partial charge in [0.05, 0.1) is 0 Å². The normalized spacial score (nSPS) is 10.1. The molecule has 0 radical (unpaired) electrons. The predicted octanol–water partition coefficient (Wildman–Crippen LogP) is 4.84. The van der Waals surface area contributed by atoms with E-state index in [1.54, 1.807) is 0 Å². The van der Waals surface area contributed by atoms with Crippen molar-refractivity contribution in [3.8, 4) is 0 Å². The summed E-state index contributed by atoms with van der Waals surface area (Å²) in [5.74, 6) is 1.14. The molecule has 0 nitrogen and oxygen atoms in total. The Morgan fingerprint density at radius 2 is 1.53 bits per heavy atom. The van der Waals surface area contributed by atoms with Crippen LogP contribution < -0.4 is 0 Å². The molecule has 17 heavy (non-hydrogen) atoms. The second kappa shape index (κ2) is 8.63. The molecule has 0 aliphatic heterocycles. The summed E-state index contributed by atoms with van der Waals surface area (Å²) in [4.78, 5) is 0. The van der Waals surface area contributed by atoms with Crippen molar-refractivity contribution in [2.75, 3.05) is 0 Å². The van der Waals surface area contributed by atoms with Crippen LogP contribution in [0.2, 0.25) is 0 Å². The summed E-state index contributed by atoms with van der Waals surface area (Å²) in [6.45, 7) is 6.75. The first-order chi connectivity index (χ1) is 7.58. The molecular formula is C15H20FeS. The van der Waals surface area contributed by atoms with Crippen LogP contribution in [0.3, 0.4) is 0 Å². The molecule has 0 N–H and O–H groups in total. The van der Waals surface area contributed by atoms with E-state index in [9.17, 15) is 0 Å². The van der Waals surface area contributed by atoms with Crippen molar-refractivity contribution in [2.24, 2.45) is 0 Å². The molecule has 0 spiro atoms. The summed E-state index contributed by atoms with van der Waals surface area (Å²) >= 11 is 1.99. The fraction of sp³-hybridized carbons (Fsp3) is 0.333. The zero-order chi connectivity index (χ0) is 11.9. The van der Waals surface area contributed by atoms with Crippen molar-refractivity contribution in [2.45, 2.75) is 31.3 Å². The van der Waals surface area contributed by atoms with Crippen LogP contribution >= 0.6 is 11.8 Å². The Morgan fingerprint density at radius 1 is 1.00 bits per heavy atom. The van der Waals surface area contributed by atoms with Crippen LogP contribution in [-0.2, 0) is 22.8 Å². The van der Waals surface area contributed by atoms with Crippen molar-refractivity contribution >= 4 is 11.8 Å². The van der Waals surface area contributed by atoms with Gasteiger partial charge in [-0.2, -0.15) is 42.1 Å². The maximum atomic E-state index is 2.25. The van der Waals surface area contributed by atoms with Crippen LogP contribution in [0, 0.1) is 0 Å². The van der Waals surface area contributed by atoms with E-state index in [-0.39, 0.29) is 17.1 Å². The summed E-state index contributed by atoms with van der Waals surface area (Å²) in [5.41, 5.74) is 1.44. The molecule has 0 heterocycles. The maximum Gasteiger partial charge on any atom is 2.00 e. The van der Waals surface area contributed by atoms with Gasteiger partial charge in [0.1, 0.15) is 0 Å². The molecule has 2 heteroatoms. The Balaban J connectivity index is 0.000000360. The largest absolute Gasteiger partial charge is 2.00 e. The van der Waals surface area contributed by atoms with E-state index in [1.807, 2.05) is 42.1 Å². The SMILES string of the molecule is CC(C)(C)SC[c-]1cccc1.[Fe+2].c1cc[cH-]c1. The minimum Gasteiger partial charge on any atom is -0.214 e. The molecular weight excluding hydrogens is 268 g/mol. The molecule has 0 aliphatic rings. The summed E-state index contributed by atoms with van der Waals surface area (Å²) in [5, 5.41) is 0. The molecule has 0 aliphatic carbocycles. The monoisotopic (exact) mass is 288 g/mol. The van der Waals surface area contributed by atoms with Crippen LogP contribution in [0.1, 0.15) is 26.3 Å². The van der Waals surface area contributed by atoms with Gasteiger partial charge in [0.25, 0.3) is 0 Å². The van der Waals surface area contributed by atoms with Crippen molar-refractivity contribution in [3.05, 3.63) is 60.2 Å². The molecule has 0 fully saturated rings. The van der Waals surface area contributed by atoms with Crippen LogP contribution in [0.5, 0.6) is 0 Å². The standard InChI is InChI=1S/C10H15S.C5H5.Fe/c1-10(2,3)11-8-9-6-4-5-7-9;1-2-4-5-3-1;/h4-7H,8H2,1-3H3;1-5H;/q2*-1;+2. The first-order valence-corrected chi connectivity index (χ1v) is 6.58. The smallest absolute Gasteiger partial charge is 0.214 e. The Labute approximate surface area is 120 Å². The first kappa shape index (κ1) is 16.6. The Hall–Kier alpha value is -0.431. The minimum absolute atomic E-state index is 0. The van der Waals surface area contributed by atoms with E-state index < -0.39 is 0 Å². The van der Waals surface area contributed by atoms with Crippen molar-refractivity contribution in [1.29, 1.82) is 0 Å². The van der Waals surface area contributed by atoms with Gasteiger partial charge in [-0.1, -0.05) is 20.8 Å². The maximum absolute atomic E-state index is 2.25. The summed E-state index contributed by atoms with van der Waals surface area (Å²) < 4.78 is 0.386. The summed E-state index contributed by atoms with van der Waals surface area (Å²) in [6.07, 6.45) is 0. The van der Waals surface area contributed by atoms with E-state index in [1.165, 1.54) is 5.56 Å². The van der Waals surface area contributed by atoms with Gasteiger partial charge in [-0.15, -0.1) is 5.56 Å². The zero-order valence-corrected chi connectivity index (χ0v) is 12.6. The molecule has 0 saturated carbocycles. The van der Waals surface area contributed by atoms with Crippen LogP contribution in [-0.4, -0.2) is 4.75 Å². The van der Waals surface area contributed by atoms with Gasteiger partial charge in [-0.25, -0.2) is 24.3 Å². The van der Waals surface area contributed by atoms with Gasteiger partial charge in [0.15, 0.2) is 0 Å². The Bertz CT molecular complexity index is 323. The molecule has 0 saturated heterocycles. The predicted molar refractivity (Wildman–Crippen MR) is 75.1 cm³/mol. The quantitative estimate of drug-likeness (QED) is 0.563. The van der Waals surface area contributed by atoms with E-state index in [4.69, 9.17) is 0 Å². The van der Waals surface area contributed by atoms with Crippen LogP contribution in [0.4, 0.5) is 0 Å². The second-order valence-electron chi connectivity index (χ2n) is 4.66. The van der Waals surface area contributed by atoms with E-state index in [0.717, 1.165) is 5.75 Å². The number of hydrogen-bond acceptors (Lipinski definition) is 1. The van der Waals surface area contributed by atoms with Crippen molar-refractivity contribution in [3.63, 3.8) is 0 Å². The molecule has 94 valence electrons. The van der Waals surface area contributed by atoms with E-state index in [2.05, 4.69) is 45.0 Å². The topological polar surface area (TPSA) is 0 Å². The zero-order valence-electron chi connectivity index (χ0n) is 10.7. The molecule has 0 atom stereocenters. The van der Waals surface area contributed by atoms with Gasteiger partial charge < -0.3 is 0 Å². The Morgan fingerprint density at radius 3 is 1.88 bits per heavy atom. The van der Waals surface area contributed by atoms with Crippen molar-refractivity contribution in [1.82, 2.24) is 0 Å². The second-order valence-corrected chi connectivity index (χ2v) is 6.46.